The summed E-state index contributed by atoms with van der Waals surface area (Å²) in [4.78, 5) is 24.3. The molecule has 0 aromatic heterocycles. The number of ether oxygens (including phenoxy) is 3. The molecular weight excluding hydrogens is 627 g/mol. The van der Waals surface area contributed by atoms with E-state index in [1.165, 1.54) is 44.6 Å². The van der Waals surface area contributed by atoms with Crippen LogP contribution in [-0.2, 0) is 27.5 Å². The summed E-state index contributed by atoms with van der Waals surface area (Å²) in [7, 11) is -2.79. The van der Waals surface area contributed by atoms with Gasteiger partial charge in [-0.2, -0.15) is 0 Å². The molecule has 0 radical (unpaired) electrons. The van der Waals surface area contributed by atoms with E-state index >= 15 is 0 Å². The predicted molar refractivity (Wildman–Crippen MR) is 193 cm³/mol. The molecule has 2 aromatic carbocycles. The van der Waals surface area contributed by atoms with Gasteiger partial charge in [0.2, 0.25) is 0 Å². The van der Waals surface area contributed by atoms with Gasteiger partial charge < -0.3 is 32.8 Å². The molecule has 3 rings (SSSR count). The van der Waals surface area contributed by atoms with Gasteiger partial charge in [0.25, 0.3) is 0 Å². The highest BCUT2D eigenvalue weighted by atomic mass is 28.4. The Bertz CT molecular complexity index is 1230. The van der Waals surface area contributed by atoms with E-state index in [0.717, 1.165) is 60.3 Å². The van der Waals surface area contributed by atoms with Gasteiger partial charge in [0.15, 0.2) is 0 Å². The lowest BCUT2D eigenvalue weighted by atomic mass is 9.80. The summed E-state index contributed by atoms with van der Waals surface area (Å²) >= 11 is 0. The average Bonchev–Trinajstić information content (AvgIpc) is 3.08. The fourth-order valence-corrected chi connectivity index (χ4v) is 8.66. The zero-order valence-corrected chi connectivity index (χ0v) is 30.8. The number of hydrogen-bond acceptors (Lipinski definition) is 8. The average molecular weight is 686 g/mol. The Morgan fingerprint density at radius 3 is 2.08 bits per heavy atom. The van der Waals surface area contributed by atoms with Gasteiger partial charge in [-0.05, 0) is 112 Å². The van der Waals surface area contributed by atoms with Crippen molar-refractivity contribution in [1.29, 1.82) is 0 Å². The van der Waals surface area contributed by atoms with Gasteiger partial charge in [-0.3, -0.25) is 0 Å². The van der Waals surface area contributed by atoms with Crippen LogP contribution in [0.5, 0.6) is 5.75 Å². The van der Waals surface area contributed by atoms with Gasteiger partial charge in [0.05, 0.1) is 19.8 Å². The molecule has 10 heteroatoms. The molecular formula is C38H59NO8Si. The first-order chi connectivity index (χ1) is 23.4. The molecule has 1 N–H and O–H groups in total. The highest BCUT2D eigenvalue weighted by Crippen LogP contribution is 2.32. The molecule has 1 aliphatic rings. The van der Waals surface area contributed by atoms with E-state index in [1.54, 1.807) is 6.08 Å². The Kier molecular flexibility index (Phi) is 18.7. The van der Waals surface area contributed by atoms with Gasteiger partial charge >= 0.3 is 20.9 Å². The van der Waals surface area contributed by atoms with Crippen LogP contribution < -0.4 is 10.1 Å². The number of esters is 1. The minimum atomic E-state index is -2.79. The van der Waals surface area contributed by atoms with E-state index in [9.17, 15) is 9.59 Å². The highest BCUT2D eigenvalue weighted by molar-refractivity contribution is 6.60. The first-order valence-corrected chi connectivity index (χ1v) is 20.2. The summed E-state index contributed by atoms with van der Waals surface area (Å²) in [5.41, 5.74) is 0.945. The monoisotopic (exact) mass is 685 g/mol. The summed E-state index contributed by atoms with van der Waals surface area (Å²) in [6.07, 6.45) is 13.9. The molecule has 1 amide bonds. The number of carbonyl (C=O) groups excluding carboxylic acids is 2. The van der Waals surface area contributed by atoms with Crippen molar-refractivity contribution in [3.8, 4) is 5.75 Å². The van der Waals surface area contributed by atoms with Crippen LogP contribution >= 0.6 is 0 Å². The molecule has 0 bridgehead atoms. The van der Waals surface area contributed by atoms with Crippen molar-refractivity contribution in [3.63, 3.8) is 0 Å². The molecule has 0 atom stereocenters. The molecule has 1 fully saturated rings. The zero-order valence-electron chi connectivity index (χ0n) is 29.8. The second-order valence-corrected chi connectivity index (χ2v) is 15.2. The maximum atomic E-state index is 12.2. The van der Waals surface area contributed by atoms with Crippen molar-refractivity contribution in [3.05, 3.63) is 48.0 Å². The number of rotatable bonds is 23. The number of hydrogen-bond donors (Lipinski definition) is 1. The van der Waals surface area contributed by atoms with Gasteiger partial charge in [-0.25, -0.2) is 9.59 Å². The zero-order chi connectivity index (χ0) is 34.5. The predicted octanol–water partition coefficient (Wildman–Crippen LogP) is 8.72. The molecule has 0 heterocycles. The van der Waals surface area contributed by atoms with E-state index in [0.29, 0.717) is 51.5 Å². The number of alkyl carbamates (subject to hydrolysis) is 1. The van der Waals surface area contributed by atoms with Crippen molar-refractivity contribution in [2.75, 3.05) is 46.2 Å². The molecule has 0 spiro atoms. The minimum absolute atomic E-state index is 0.333. The summed E-state index contributed by atoms with van der Waals surface area (Å²) in [6, 6.07) is 12.8. The smallest absolute Gasteiger partial charge is 0.493 e. The first kappa shape index (κ1) is 39.5. The maximum absolute atomic E-state index is 12.2. The molecule has 268 valence electrons. The maximum Gasteiger partial charge on any atom is 0.502 e. The normalized spacial score (nSPS) is 16.7. The van der Waals surface area contributed by atoms with Crippen molar-refractivity contribution < 1.29 is 37.1 Å². The Morgan fingerprint density at radius 2 is 1.42 bits per heavy atom. The van der Waals surface area contributed by atoms with E-state index in [1.807, 2.05) is 32.9 Å². The SMILES string of the molecule is CCCC1CCC(COc2ccc3cc(/C=C/C(=O)OCCCCCCOC(=O)NCC[Si](OCC)(OCC)OCC)ccc3c2)CC1. The van der Waals surface area contributed by atoms with Gasteiger partial charge in [0.1, 0.15) is 5.75 Å². The summed E-state index contributed by atoms with van der Waals surface area (Å²) in [6.45, 7) is 11.3. The molecule has 2 aromatic rings. The summed E-state index contributed by atoms with van der Waals surface area (Å²) in [5, 5.41) is 4.98. The van der Waals surface area contributed by atoms with Crippen LogP contribution in [0.2, 0.25) is 6.04 Å². The molecule has 48 heavy (non-hydrogen) atoms. The molecule has 0 saturated heterocycles. The van der Waals surface area contributed by atoms with E-state index < -0.39 is 14.9 Å². The molecule has 0 aliphatic heterocycles. The molecule has 1 aliphatic carbocycles. The highest BCUT2D eigenvalue weighted by Gasteiger charge is 2.40. The third-order valence-corrected chi connectivity index (χ3v) is 11.8. The van der Waals surface area contributed by atoms with Crippen LogP contribution in [0.25, 0.3) is 16.8 Å². The lowest BCUT2D eigenvalue weighted by Gasteiger charge is -2.28. The number of carbonyl (C=O) groups is 2. The molecule has 1 saturated carbocycles. The Balaban J connectivity index is 1.25. The van der Waals surface area contributed by atoms with Crippen molar-refractivity contribution >= 4 is 37.7 Å². The van der Waals surface area contributed by atoms with Gasteiger partial charge in [-0.1, -0.05) is 50.8 Å². The number of unbranched alkanes of at least 4 members (excludes halogenated alkanes) is 3. The number of benzene rings is 2. The lowest BCUT2D eigenvalue weighted by Crippen LogP contribution is -2.48. The fourth-order valence-electron chi connectivity index (χ4n) is 6.22. The van der Waals surface area contributed by atoms with E-state index in [4.69, 9.17) is 27.5 Å². The first-order valence-electron chi connectivity index (χ1n) is 18.2. The Labute approximate surface area is 289 Å². The topological polar surface area (TPSA) is 102 Å². The third-order valence-electron chi connectivity index (χ3n) is 8.71. The van der Waals surface area contributed by atoms with Gasteiger partial charge in [-0.15, -0.1) is 0 Å². The van der Waals surface area contributed by atoms with Crippen LogP contribution in [0.1, 0.15) is 97.5 Å². The van der Waals surface area contributed by atoms with Crippen LogP contribution in [0.3, 0.4) is 0 Å². The number of nitrogens with one attached hydrogen (secondary N) is 1. The van der Waals surface area contributed by atoms with Crippen LogP contribution in [-0.4, -0.2) is 67.1 Å². The van der Waals surface area contributed by atoms with Crippen molar-refractivity contribution in [2.24, 2.45) is 11.8 Å². The number of amides is 1. The largest absolute Gasteiger partial charge is 0.502 e. The Morgan fingerprint density at radius 1 is 0.792 bits per heavy atom. The Hall–Kier alpha value is -2.92. The number of fused-ring (bicyclic) bond motifs is 1. The third kappa shape index (κ3) is 14.7. The summed E-state index contributed by atoms with van der Waals surface area (Å²) < 4.78 is 34.2. The quantitative estimate of drug-likeness (QED) is 0.0537. The molecule has 0 unspecified atom stereocenters. The van der Waals surface area contributed by atoms with Crippen LogP contribution in [0.4, 0.5) is 4.79 Å². The molecule has 9 nitrogen and oxygen atoms in total. The van der Waals surface area contributed by atoms with Crippen molar-refractivity contribution in [2.45, 2.75) is 97.9 Å². The lowest BCUT2D eigenvalue weighted by molar-refractivity contribution is -0.137. The van der Waals surface area contributed by atoms with Gasteiger partial charge in [0, 0.05) is 38.5 Å². The van der Waals surface area contributed by atoms with E-state index in [2.05, 4.69) is 36.5 Å². The summed E-state index contributed by atoms with van der Waals surface area (Å²) in [5.74, 6) is 2.14. The minimum Gasteiger partial charge on any atom is -0.493 e. The standard InChI is InChI=1S/C38H59NO8Si/c1-5-13-31-14-16-33(17-15-31)30-44-36-22-21-34-28-32(18-20-35(34)29-36)19-23-37(40)42-25-11-9-10-12-26-43-38(41)39-24-27-48(45-6-2,46-7-3)47-8-4/h18-23,28-29,31,33H,5-17,24-27,30H2,1-4H3,(H,39,41)/b23-19+. The van der Waals surface area contributed by atoms with E-state index in [-0.39, 0.29) is 5.97 Å². The van der Waals surface area contributed by atoms with Crippen LogP contribution in [0, 0.1) is 11.8 Å². The fraction of sp³-hybridized carbons (Fsp3) is 0.632. The second kappa shape index (κ2) is 22.7. The second-order valence-electron chi connectivity index (χ2n) is 12.5. The van der Waals surface area contributed by atoms with Crippen molar-refractivity contribution in [1.82, 2.24) is 5.32 Å². The van der Waals surface area contributed by atoms with Crippen LogP contribution in [0.15, 0.2) is 42.5 Å².